The maximum Gasteiger partial charge on any atom is 0.408 e. The molecule has 5 N–H and O–H groups in total. The zero-order valence-electron chi connectivity index (χ0n) is 33.1. The van der Waals surface area contributed by atoms with Crippen LogP contribution in [0.15, 0.2) is 100 Å². The molecule has 310 valence electrons. The number of ether oxygens (including phenoxy) is 3. The Morgan fingerprint density at radius 2 is 1.79 bits per heavy atom. The van der Waals surface area contributed by atoms with Crippen molar-refractivity contribution in [3.63, 3.8) is 0 Å². The van der Waals surface area contributed by atoms with Gasteiger partial charge >= 0.3 is 12.1 Å². The molecule has 4 atom stereocenters. The number of Topliss-reactive ketones (excluding diaryl/α,β-unsaturated/α-hetero) is 1. The Hall–Kier alpha value is -6.94. The third-order valence-electron chi connectivity index (χ3n) is 11.2. The fourth-order valence-electron chi connectivity index (χ4n) is 8.34. The summed E-state index contributed by atoms with van der Waals surface area (Å²) >= 11 is 3.69. The monoisotopic (exact) mass is 886 g/mol. The second kappa shape index (κ2) is 15.6. The van der Waals surface area contributed by atoms with Crippen molar-refractivity contribution >= 4 is 62.2 Å². The molecule has 4 aromatic carbocycles. The van der Waals surface area contributed by atoms with Crippen LogP contribution in [-0.2, 0) is 32.8 Å². The molecule has 3 aliphatic heterocycles. The van der Waals surface area contributed by atoms with E-state index in [1.54, 1.807) is 24.3 Å². The molecule has 3 aliphatic rings. The second-order valence-corrected chi connectivity index (χ2v) is 16.3. The first kappa shape index (κ1) is 39.5. The van der Waals surface area contributed by atoms with Crippen LogP contribution in [0, 0.1) is 5.92 Å². The van der Waals surface area contributed by atoms with Crippen LogP contribution in [0.3, 0.4) is 0 Å². The van der Waals surface area contributed by atoms with Gasteiger partial charge in [-0.15, -0.1) is 0 Å². The standard InChI is InChI=1S/C45H39BrN6O9/c1-22(2)35-42-51-38(41(56)48-20-32(54)27-19-47-36-26(27)11-7-14-34(36)59-23(3)53)39(61-42)45-28-12-8-13-30(46)37(28)52-43(45)60-33-16-15-25(17-29(33)45)18-31(40(55)50-35)49-44(57)58-21-24-9-5-4-6-10-24/h4-17,19,22,31,35,43,47,52H,18,20-21H2,1-3H3,(H,48,56)(H,49,57)(H,50,55)/t31-,35-,43-,45?/m0/s1. The summed E-state index contributed by atoms with van der Waals surface area (Å²) in [5, 5.41) is 12.6. The summed E-state index contributed by atoms with van der Waals surface area (Å²) in [6.45, 7) is 4.61. The normalized spacial score (nSPS) is 19.6. The van der Waals surface area contributed by atoms with Crippen molar-refractivity contribution in [2.45, 2.75) is 57.5 Å². The number of halogens is 1. The molecule has 9 rings (SSSR count). The number of fused-ring (bicyclic) bond motifs is 5. The average Bonchev–Trinajstić information content (AvgIpc) is 4.02. The van der Waals surface area contributed by atoms with Crippen molar-refractivity contribution in [3.05, 3.63) is 141 Å². The number of para-hydroxylation sites is 2. The van der Waals surface area contributed by atoms with Gasteiger partial charge in [-0.3, -0.25) is 19.2 Å². The highest BCUT2D eigenvalue weighted by Gasteiger charge is 2.61. The fourth-order valence-corrected chi connectivity index (χ4v) is 8.82. The molecule has 0 aliphatic carbocycles. The van der Waals surface area contributed by atoms with Gasteiger partial charge in [0.15, 0.2) is 29.2 Å². The van der Waals surface area contributed by atoms with Gasteiger partial charge in [0.2, 0.25) is 11.8 Å². The Labute approximate surface area is 357 Å². The summed E-state index contributed by atoms with van der Waals surface area (Å²) in [7, 11) is 0. The lowest BCUT2D eigenvalue weighted by Crippen LogP contribution is -2.49. The van der Waals surface area contributed by atoms with E-state index in [1.165, 1.54) is 13.1 Å². The molecule has 15 nitrogen and oxygen atoms in total. The number of alkyl carbamates (subject to hydrolysis) is 1. The van der Waals surface area contributed by atoms with Crippen LogP contribution in [0.4, 0.5) is 10.5 Å². The van der Waals surface area contributed by atoms with Crippen molar-refractivity contribution < 1.29 is 42.6 Å². The van der Waals surface area contributed by atoms with Gasteiger partial charge in [-0.25, -0.2) is 9.78 Å². The van der Waals surface area contributed by atoms with E-state index in [9.17, 15) is 24.0 Å². The number of aromatic amines is 1. The van der Waals surface area contributed by atoms with Crippen molar-refractivity contribution in [1.82, 2.24) is 25.9 Å². The van der Waals surface area contributed by atoms with Crippen molar-refractivity contribution in [1.29, 1.82) is 0 Å². The lowest BCUT2D eigenvalue weighted by Gasteiger charge is -2.28. The summed E-state index contributed by atoms with van der Waals surface area (Å²) in [6.07, 6.45) is -0.000268. The minimum atomic E-state index is -1.29. The highest BCUT2D eigenvalue weighted by atomic mass is 79.9. The number of ketones is 1. The number of oxazole rings is 1. The molecule has 16 heteroatoms. The van der Waals surface area contributed by atoms with E-state index in [0.717, 1.165) is 21.3 Å². The molecule has 3 amide bonds. The average molecular weight is 888 g/mol. The molecule has 1 spiro atoms. The first-order valence-corrected chi connectivity index (χ1v) is 20.5. The molecule has 6 aromatic rings. The van der Waals surface area contributed by atoms with Gasteiger partial charge in [0, 0.05) is 46.1 Å². The second-order valence-electron chi connectivity index (χ2n) is 15.4. The molecule has 0 saturated heterocycles. The third kappa shape index (κ3) is 6.95. The molecule has 0 fully saturated rings. The first-order chi connectivity index (χ1) is 29.4. The van der Waals surface area contributed by atoms with Gasteiger partial charge in [0.1, 0.15) is 29.9 Å². The summed E-state index contributed by atoms with van der Waals surface area (Å²) in [4.78, 5) is 75.3. The van der Waals surface area contributed by atoms with Crippen molar-refractivity contribution in [2.24, 2.45) is 5.92 Å². The van der Waals surface area contributed by atoms with Crippen LogP contribution < -0.4 is 30.7 Å². The topological polar surface area (TPSA) is 203 Å². The Morgan fingerprint density at radius 3 is 2.57 bits per heavy atom. The number of H-pyrrole nitrogens is 1. The van der Waals surface area contributed by atoms with Crippen LogP contribution in [0.25, 0.3) is 10.9 Å². The van der Waals surface area contributed by atoms with Gasteiger partial charge in [0.05, 0.1) is 17.7 Å². The lowest BCUT2D eigenvalue weighted by molar-refractivity contribution is -0.131. The predicted octanol–water partition coefficient (Wildman–Crippen LogP) is 6.60. The van der Waals surface area contributed by atoms with Crippen LogP contribution >= 0.6 is 15.9 Å². The Morgan fingerprint density at radius 1 is 0.984 bits per heavy atom. The molecule has 61 heavy (non-hydrogen) atoms. The summed E-state index contributed by atoms with van der Waals surface area (Å²) < 4.78 is 25.0. The largest absolute Gasteiger partial charge is 0.469 e. The van der Waals surface area contributed by atoms with Gasteiger partial charge in [-0.2, -0.15) is 0 Å². The molecule has 0 radical (unpaired) electrons. The number of carbonyl (C=O) groups excluding carboxylic acids is 5. The molecule has 2 aromatic heterocycles. The van der Waals surface area contributed by atoms with E-state index in [2.05, 4.69) is 42.2 Å². The quantitative estimate of drug-likeness (QED) is 0.0595. The number of hydrogen-bond donors (Lipinski definition) is 5. The minimum absolute atomic E-state index is 0.00597. The van der Waals surface area contributed by atoms with Gasteiger partial charge in [0.25, 0.3) is 5.91 Å². The fraction of sp³-hybridized carbons (Fsp3) is 0.244. The van der Waals surface area contributed by atoms with E-state index >= 15 is 0 Å². The Bertz CT molecular complexity index is 2770. The number of nitrogens with zero attached hydrogens (tertiary/aromatic N) is 1. The highest BCUT2D eigenvalue weighted by Crippen LogP contribution is 2.59. The predicted molar refractivity (Wildman–Crippen MR) is 224 cm³/mol. The van der Waals surface area contributed by atoms with E-state index in [4.69, 9.17) is 23.6 Å². The number of esters is 1. The summed E-state index contributed by atoms with van der Waals surface area (Å²) in [6, 6.07) is 23.4. The van der Waals surface area contributed by atoms with Gasteiger partial charge in [-0.05, 0) is 51.2 Å². The van der Waals surface area contributed by atoms with E-state index in [-0.39, 0.29) is 47.6 Å². The maximum atomic E-state index is 14.6. The van der Waals surface area contributed by atoms with E-state index in [0.29, 0.717) is 27.8 Å². The number of benzene rings is 4. The van der Waals surface area contributed by atoms with E-state index in [1.807, 2.05) is 74.5 Å². The zero-order valence-corrected chi connectivity index (χ0v) is 34.7. The smallest absolute Gasteiger partial charge is 0.408 e. The summed E-state index contributed by atoms with van der Waals surface area (Å²) in [5.74, 6) is -1.52. The number of rotatable bonds is 9. The SMILES string of the molecule is CC(=O)Oc1cccc2c(C(=O)CNC(=O)c3nc4oc3C35c6cc(ccc6O[C@@H]3Nc3c(Br)cccc35)C[C@H](NC(=O)OCc3ccccc3)C(=O)N[C@H]4C(C)C)c[nH]c12. The molecule has 1 unspecified atom stereocenters. The van der Waals surface area contributed by atoms with Crippen molar-refractivity contribution in [3.8, 4) is 11.5 Å². The molecular weight excluding hydrogens is 848 g/mol. The molecule has 5 heterocycles. The van der Waals surface area contributed by atoms with Gasteiger partial charge in [-0.1, -0.05) is 80.6 Å². The number of hydrogen-bond acceptors (Lipinski definition) is 11. The van der Waals surface area contributed by atoms with Crippen molar-refractivity contribution in [2.75, 3.05) is 11.9 Å². The zero-order chi connectivity index (χ0) is 42.6. The first-order valence-electron chi connectivity index (χ1n) is 19.7. The highest BCUT2D eigenvalue weighted by molar-refractivity contribution is 9.10. The number of amides is 3. The molecular formula is C45H39BrN6O9. The molecule has 4 bridgehead atoms. The minimum Gasteiger partial charge on any atom is -0.469 e. The van der Waals surface area contributed by atoms with Gasteiger partial charge < -0.3 is 44.9 Å². The molecule has 0 saturated carbocycles. The maximum absolute atomic E-state index is 14.6. The van der Waals surface area contributed by atoms with E-state index < -0.39 is 59.9 Å². The van der Waals surface area contributed by atoms with Crippen LogP contribution in [0.1, 0.15) is 81.6 Å². The number of anilines is 1. The lowest BCUT2D eigenvalue weighted by atomic mass is 9.72. The third-order valence-corrected chi connectivity index (χ3v) is 11.8. The van der Waals surface area contributed by atoms with Crippen LogP contribution in [-0.4, -0.2) is 58.4 Å². The Balaban J connectivity index is 1.11. The van der Waals surface area contributed by atoms with Crippen LogP contribution in [0.5, 0.6) is 11.5 Å². The number of aromatic nitrogens is 2. The Kier molecular flexibility index (Phi) is 10.1. The number of carbonyl (C=O) groups is 5. The van der Waals surface area contributed by atoms with Crippen LogP contribution in [0.2, 0.25) is 0 Å². The number of nitrogens with one attached hydrogen (secondary N) is 5. The summed E-state index contributed by atoms with van der Waals surface area (Å²) in [5.41, 5.74) is 2.90.